The Morgan fingerprint density at radius 3 is 2.79 bits per heavy atom. The zero-order valence-electron chi connectivity index (χ0n) is 15.8. The lowest BCUT2D eigenvalue weighted by Crippen LogP contribution is -2.31. The maximum atomic E-state index is 13.1. The molecule has 2 aromatic carbocycles. The van der Waals surface area contributed by atoms with Gasteiger partial charge >= 0.3 is 0 Å². The van der Waals surface area contributed by atoms with Crippen LogP contribution in [0.5, 0.6) is 0 Å². The van der Waals surface area contributed by atoms with E-state index >= 15 is 0 Å². The molecule has 0 radical (unpaired) electrons. The van der Waals surface area contributed by atoms with Gasteiger partial charge in [-0.3, -0.25) is 4.79 Å². The number of anilines is 2. The smallest absolute Gasteiger partial charge is 0.251 e. The molecule has 1 saturated heterocycles. The molecule has 1 atom stereocenters. The van der Waals surface area contributed by atoms with E-state index in [0.717, 1.165) is 30.7 Å². The lowest BCUT2D eigenvalue weighted by Gasteiger charge is -2.12. The van der Waals surface area contributed by atoms with Gasteiger partial charge in [-0.25, -0.2) is 14.4 Å². The largest absolute Gasteiger partial charge is 0.376 e. The number of carbonyl (C=O) groups excluding carboxylic acids is 1. The first-order valence-electron chi connectivity index (χ1n) is 9.52. The van der Waals surface area contributed by atoms with Gasteiger partial charge in [0, 0.05) is 36.0 Å². The quantitative estimate of drug-likeness (QED) is 0.665. The first-order chi connectivity index (χ1) is 14.2. The minimum absolute atomic E-state index is 0.103. The van der Waals surface area contributed by atoms with Crippen molar-refractivity contribution >= 4 is 17.4 Å². The molecule has 148 valence electrons. The van der Waals surface area contributed by atoms with Crippen molar-refractivity contribution in [2.45, 2.75) is 18.9 Å². The van der Waals surface area contributed by atoms with Crippen molar-refractivity contribution in [1.29, 1.82) is 0 Å². The predicted molar refractivity (Wildman–Crippen MR) is 108 cm³/mol. The van der Waals surface area contributed by atoms with Crippen molar-refractivity contribution in [1.82, 2.24) is 15.3 Å². The third-order valence-electron chi connectivity index (χ3n) is 4.72. The number of aromatic nitrogens is 2. The minimum atomic E-state index is -0.296. The number of ether oxygens (including phenoxy) is 1. The fourth-order valence-electron chi connectivity index (χ4n) is 3.20. The van der Waals surface area contributed by atoms with Crippen LogP contribution in [0.1, 0.15) is 23.2 Å². The standard InChI is InChI=1S/C22H21FN4O2/c23-17-8-6-15(7-9-17)20-12-21(26-14-25-20)27-18-4-1-3-16(11-18)22(28)24-13-19-5-2-10-29-19/h1,3-4,6-9,11-12,14,19H,2,5,10,13H2,(H,24,28)(H,25,26,27)/t19-/m1/s1. The average Bonchev–Trinajstić information content (AvgIpc) is 3.27. The zero-order chi connectivity index (χ0) is 20.1. The maximum Gasteiger partial charge on any atom is 0.251 e. The van der Waals surface area contributed by atoms with Gasteiger partial charge in [0.05, 0.1) is 11.8 Å². The van der Waals surface area contributed by atoms with Crippen LogP contribution < -0.4 is 10.6 Å². The Morgan fingerprint density at radius 1 is 1.14 bits per heavy atom. The van der Waals surface area contributed by atoms with E-state index in [1.54, 1.807) is 30.3 Å². The second-order valence-electron chi connectivity index (χ2n) is 6.85. The summed E-state index contributed by atoms with van der Waals surface area (Å²) >= 11 is 0. The average molecular weight is 392 g/mol. The summed E-state index contributed by atoms with van der Waals surface area (Å²) in [5.74, 6) is 0.144. The van der Waals surface area contributed by atoms with Crippen LogP contribution in [-0.4, -0.2) is 35.1 Å². The van der Waals surface area contributed by atoms with Crippen LogP contribution in [0, 0.1) is 5.82 Å². The summed E-state index contributed by atoms with van der Waals surface area (Å²) < 4.78 is 18.7. The van der Waals surface area contributed by atoms with Crippen molar-refractivity contribution in [2.75, 3.05) is 18.5 Å². The highest BCUT2D eigenvalue weighted by Crippen LogP contribution is 2.22. The van der Waals surface area contributed by atoms with E-state index in [4.69, 9.17) is 4.74 Å². The Hall–Kier alpha value is -3.32. The molecule has 1 aromatic heterocycles. The van der Waals surface area contributed by atoms with Crippen LogP contribution >= 0.6 is 0 Å². The van der Waals surface area contributed by atoms with Gasteiger partial charge in [-0.15, -0.1) is 0 Å². The van der Waals surface area contributed by atoms with Gasteiger partial charge in [0.2, 0.25) is 0 Å². The molecule has 1 aliphatic heterocycles. The first kappa shape index (κ1) is 19.0. The van der Waals surface area contributed by atoms with E-state index in [0.29, 0.717) is 23.6 Å². The number of nitrogens with zero attached hydrogens (tertiary/aromatic N) is 2. The molecule has 1 fully saturated rings. The van der Waals surface area contributed by atoms with E-state index < -0.39 is 0 Å². The molecule has 0 spiro atoms. The van der Waals surface area contributed by atoms with Crippen LogP contribution in [0.2, 0.25) is 0 Å². The normalized spacial score (nSPS) is 15.8. The Balaban J connectivity index is 1.44. The fraction of sp³-hybridized carbons (Fsp3) is 0.227. The fourth-order valence-corrected chi connectivity index (χ4v) is 3.20. The van der Waals surface area contributed by atoms with E-state index in [1.165, 1.54) is 18.5 Å². The Bertz CT molecular complexity index is 988. The number of carbonyl (C=O) groups is 1. The number of nitrogens with one attached hydrogen (secondary N) is 2. The third kappa shape index (κ3) is 4.94. The highest BCUT2D eigenvalue weighted by molar-refractivity contribution is 5.95. The summed E-state index contributed by atoms with van der Waals surface area (Å²) in [6.07, 6.45) is 3.57. The van der Waals surface area contributed by atoms with Gasteiger partial charge in [0.1, 0.15) is 18.0 Å². The molecule has 0 saturated carbocycles. The maximum absolute atomic E-state index is 13.1. The second kappa shape index (κ2) is 8.79. The van der Waals surface area contributed by atoms with Crippen molar-refractivity contribution in [3.63, 3.8) is 0 Å². The van der Waals surface area contributed by atoms with Gasteiger partial charge in [0.15, 0.2) is 0 Å². The highest BCUT2D eigenvalue weighted by Gasteiger charge is 2.16. The first-order valence-corrected chi connectivity index (χ1v) is 9.52. The molecular weight excluding hydrogens is 371 g/mol. The molecule has 4 rings (SSSR count). The summed E-state index contributed by atoms with van der Waals surface area (Å²) in [5.41, 5.74) is 2.76. The van der Waals surface area contributed by atoms with Gasteiger partial charge in [-0.1, -0.05) is 6.07 Å². The van der Waals surface area contributed by atoms with Crippen LogP contribution in [-0.2, 0) is 4.74 Å². The van der Waals surface area contributed by atoms with Gasteiger partial charge in [0.25, 0.3) is 5.91 Å². The topological polar surface area (TPSA) is 76.1 Å². The number of rotatable bonds is 6. The van der Waals surface area contributed by atoms with E-state index in [9.17, 15) is 9.18 Å². The molecular formula is C22H21FN4O2. The molecule has 29 heavy (non-hydrogen) atoms. The number of amides is 1. The SMILES string of the molecule is O=C(NC[C@H]1CCCO1)c1cccc(Nc2cc(-c3ccc(F)cc3)ncn2)c1. The van der Waals surface area contributed by atoms with E-state index in [-0.39, 0.29) is 17.8 Å². The third-order valence-corrected chi connectivity index (χ3v) is 4.72. The number of benzene rings is 2. The monoisotopic (exact) mass is 392 g/mol. The molecule has 3 aromatic rings. The molecule has 0 bridgehead atoms. The Kier molecular flexibility index (Phi) is 5.76. The van der Waals surface area contributed by atoms with Crippen LogP contribution in [0.3, 0.4) is 0 Å². The molecule has 2 N–H and O–H groups in total. The molecule has 0 unspecified atom stereocenters. The molecule has 1 amide bonds. The van der Waals surface area contributed by atoms with E-state index in [2.05, 4.69) is 20.6 Å². The number of halogens is 1. The van der Waals surface area contributed by atoms with Gasteiger partial charge < -0.3 is 15.4 Å². The summed E-state index contributed by atoms with van der Waals surface area (Å²) in [5, 5.41) is 6.11. The Morgan fingerprint density at radius 2 is 2.00 bits per heavy atom. The lowest BCUT2D eigenvalue weighted by molar-refractivity contribution is 0.0858. The number of hydrogen-bond acceptors (Lipinski definition) is 5. The molecule has 1 aliphatic rings. The summed E-state index contributed by atoms with van der Waals surface area (Å²) in [4.78, 5) is 20.9. The zero-order valence-corrected chi connectivity index (χ0v) is 15.8. The highest BCUT2D eigenvalue weighted by atomic mass is 19.1. The summed E-state index contributed by atoms with van der Waals surface area (Å²) in [6.45, 7) is 1.28. The molecule has 7 heteroatoms. The van der Waals surface area contributed by atoms with Crippen LogP contribution in [0.4, 0.5) is 15.9 Å². The second-order valence-corrected chi connectivity index (χ2v) is 6.85. The molecule has 6 nitrogen and oxygen atoms in total. The van der Waals surface area contributed by atoms with Gasteiger partial charge in [-0.2, -0.15) is 0 Å². The lowest BCUT2D eigenvalue weighted by atomic mass is 10.1. The van der Waals surface area contributed by atoms with Crippen LogP contribution in [0.15, 0.2) is 60.9 Å². The minimum Gasteiger partial charge on any atom is -0.376 e. The van der Waals surface area contributed by atoms with Crippen molar-refractivity contribution in [3.05, 3.63) is 72.3 Å². The van der Waals surface area contributed by atoms with Crippen molar-refractivity contribution in [2.24, 2.45) is 0 Å². The van der Waals surface area contributed by atoms with E-state index in [1.807, 2.05) is 12.1 Å². The van der Waals surface area contributed by atoms with Crippen molar-refractivity contribution < 1.29 is 13.9 Å². The Labute approximate surface area is 168 Å². The predicted octanol–water partition coefficient (Wildman–Crippen LogP) is 3.94. The number of hydrogen-bond donors (Lipinski definition) is 2. The van der Waals surface area contributed by atoms with Gasteiger partial charge in [-0.05, 0) is 55.3 Å². The molecule has 2 heterocycles. The van der Waals surface area contributed by atoms with Crippen molar-refractivity contribution in [3.8, 4) is 11.3 Å². The summed E-state index contributed by atoms with van der Waals surface area (Å²) in [6, 6.07) is 15.1. The van der Waals surface area contributed by atoms with Crippen LogP contribution in [0.25, 0.3) is 11.3 Å². The molecule has 0 aliphatic carbocycles. The summed E-state index contributed by atoms with van der Waals surface area (Å²) in [7, 11) is 0.